The van der Waals surface area contributed by atoms with Crippen molar-refractivity contribution in [1.29, 1.82) is 0 Å². The lowest BCUT2D eigenvalue weighted by Gasteiger charge is -2.31. The van der Waals surface area contributed by atoms with Gasteiger partial charge in [0.25, 0.3) is 5.91 Å². The fraction of sp³-hybridized carbons (Fsp3) is 0.500. The van der Waals surface area contributed by atoms with E-state index in [1.54, 1.807) is 31.3 Å². The Morgan fingerprint density at radius 2 is 2.15 bits per heavy atom. The average Bonchev–Trinajstić information content (AvgIpc) is 2.45. The molecule has 1 aliphatic heterocycles. The van der Waals surface area contributed by atoms with Crippen LogP contribution in [0.25, 0.3) is 0 Å². The van der Waals surface area contributed by atoms with E-state index in [4.69, 9.17) is 14.2 Å². The molecule has 1 aliphatic rings. The van der Waals surface area contributed by atoms with Crippen molar-refractivity contribution in [2.24, 2.45) is 0 Å². The zero-order valence-corrected chi connectivity index (χ0v) is 13.4. The van der Waals surface area contributed by atoms with Gasteiger partial charge < -0.3 is 19.1 Å². The van der Waals surface area contributed by atoms with Crippen molar-refractivity contribution in [1.82, 2.24) is 4.90 Å². The minimum Gasteiger partial charge on any atom is -0.497 e. The molecule has 1 aromatic carbocycles. The number of carbonyl (C=O) groups excluding carboxylic acids is 1. The molecule has 0 bridgehead atoms. The number of hydrogen-bond donors (Lipinski definition) is 0. The third kappa shape index (κ3) is 3.07. The van der Waals surface area contributed by atoms with Gasteiger partial charge in [-0.3, -0.25) is 4.79 Å². The van der Waals surface area contributed by atoms with Gasteiger partial charge in [-0.15, -0.1) is 0 Å². The maximum absolute atomic E-state index is 12.7. The Kier molecular flexibility index (Phi) is 4.88. The number of hydrogen-bond acceptors (Lipinski definition) is 4. The lowest BCUT2D eigenvalue weighted by Crippen LogP contribution is -2.44. The second-order valence-electron chi connectivity index (χ2n) is 4.62. The van der Waals surface area contributed by atoms with Crippen molar-refractivity contribution in [2.45, 2.75) is 13.0 Å². The first-order valence-corrected chi connectivity index (χ1v) is 7.18. The fourth-order valence-electron chi connectivity index (χ4n) is 2.23. The van der Waals surface area contributed by atoms with Gasteiger partial charge in [0, 0.05) is 13.1 Å². The zero-order chi connectivity index (χ0) is 14.7. The summed E-state index contributed by atoms with van der Waals surface area (Å²) in [5.74, 6) is 1.06. The second-order valence-corrected chi connectivity index (χ2v) is 5.48. The summed E-state index contributed by atoms with van der Waals surface area (Å²) in [5.41, 5.74) is 0.493. The van der Waals surface area contributed by atoms with Crippen molar-refractivity contribution >= 4 is 21.8 Å². The zero-order valence-electron chi connectivity index (χ0n) is 11.8. The summed E-state index contributed by atoms with van der Waals surface area (Å²) in [7, 11) is 3.12. The summed E-state index contributed by atoms with van der Waals surface area (Å²) in [4.78, 5) is 14.4. The van der Waals surface area contributed by atoms with E-state index in [9.17, 15) is 4.79 Å². The molecule has 110 valence electrons. The molecular formula is C14H18BrNO4. The summed E-state index contributed by atoms with van der Waals surface area (Å²) in [6.45, 7) is 3.68. The molecule has 0 N–H and O–H groups in total. The van der Waals surface area contributed by atoms with Crippen LogP contribution in [0.3, 0.4) is 0 Å². The van der Waals surface area contributed by atoms with Crippen LogP contribution in [-0.4, -0.2) is 50.8 Å². The van der Waals surface area contributed by atoms with Crippen molar-refractivity contribution in [2.75, 3.05) is 33.9 Å². The van der Waals surface area contributed by atoms with Gasteiger partial charge in [-0.05, 0) is 35.0 Å². The average molecular weight is 344 g/mol. The van der Waals surface area contributed by atoms with E-state index in [-0.39, 0.29) is 12.0 Å². The number of halogens is 1. The van der Waals surface area contributed by atoms with Gasteiger partial charge in [0.15, 0.2) is 0 Å². The maximum atomic E-state index is 12.7. The predicted octanol–water partition coefficient (Wildman–Crippen LogP) is 2.33. The van der Waals surface area contributed by atoms with E-state index < -0.39 is 0 Å². The standard InChI is InChI=1S/C14H18BrNO4/c1-9-8-16(4-5-20-9)14(17)11-6-10(18-2)7-12(15)13(11)19-3/h6-7,9H,4-5,8H2,1-3H3. The summed E-state index contributed by atoms with van der Waals surface area (Å²) < 4.78 is 16.7. The molecule has 1 saturated heterocycles. The first-order chi connectivity index (χ1) is 9.56. The largest absolute Gasteiger partial charge is 0.497 e. The van der Waals surface area contributed by atoms with Crippen molar-refractivity contribution in [3.63, 3.8) is 0 Å². The molecule has 0 saturated carbocycles. The first kappa shape index (κ1) is 15.1. The van der Waals surface area contributed by atoms with Crippen molar-refractivity contribution < 1.29 is 19.0 Å². The fourth-order valence-corrected chi connectivity index (χ4v) is 2.83. The van der Waals surface area contributed by atoms with Crippen LogP contribution >= 0.6 is 15.9 Å². The first-order valence-electron chi connectivity index (χ1n) is 6.39. The Bertz CT molecular complexity index is 506. The number of nitrogens with zero attached hydrogens (tertiary/aromatic N) is 1. The van der Waals surface area contributed by atoms with E-state index >= 15 is 0 Å². The third-order valence-corrected chi connectivity index (χ3v) is 3.80. The monoisotopic (exact) mass is 343 g/mol. The molecule has 0 radical (unpaired) electrons. The Hall–Kier alpha value is -1.27. The van der Waals surface area contributed by atoms with E-state index in [1.807, 2.05) is 6.92 Å². The van der Waals surface area contributed by atoms with Crippen LogP contribution in [0.5, 0.6) is 11.5 Å². The molecule has 1 unspecified atom stereocenters. The van der Waals surface area contributed by atoms with E-state index in [2.05, 4.69) is 15.9 Å². The molecule has 0 spiro atoms. The van der Waals surface area contributed by atoms with E-state index in [0.717, 1.165) is 0 Å². The second kappa shape index (κ2) is 6.45. The molecule has 5 nitrogen and oxygen atoms in total. The molecule has 1 amide bonds. The molecule has 6 heteroatoms. The number of carbonyl (C=O) groups is 1. The number of rotatable bonds is 3. The van der Waals surface area contributed by atoms with Crippen LogP contribution in [0.15, 0.2) is 16.6 Å². The molecule has 1 fully saturated rings. The third-order valence-electron chi connectivity index (χ3n) is 3.22. The van der Waals surface area contributed by atoms with Gasteiger partial charge in [-0.25, -0.2) is 0 Å². The Balaban J connectivity index is 2.34. The van der Waals surface area contributed by atoms with Crippen molar-refractivity contribution in [3.8, 4) is 11.5 Å². The summed E-state index contributed by atoms with van der Waals surface area (Å²) in [6, 6.07) is 3.48. The molecule has 20 heavy (non-hydrogen) atoms. The van der Waals surface area contributed by atoms with Gasteiger partial charge in [-0.2, -0.15) is 0 Å². The minimum atomic E-state index is -0.0726. The SMILES string of the molecule is COc1cc(Br)c(OC)c(C(=O)N2CCOC(C)C2)c1. The van der Waals surface area contributed by atoms with E-state index in [1.165, 1.54) is 0 Å². The van der Waals surface area contributed by atoms with Crippen LogP contribution < -0.4 is 9.47 Å². The smallest absolute Gasteiger partial charge is 0.257 e. The molecular weight excluding hydrogens is 326 g/mol. The maximum Gasteiger partial charge on any atom is 0.257 e. The van der Waals surface area contributed by atoms with Crippen LogP contribution in [-0.2, 0) is 4.74 Å². The number of morpholine rings is 1. The van der Waals surface area contributed by atoms with E-state index in [0.29, 0.717) is 41.2 Å². The Morgan fingerprint density at radius 1 is 1.40 bits per heavy atom. The highest BCUT2D eigenvalue weighted by Gasteiger charge is 2.26. The summed E-state index contributed by atoms with van der Waals surface area (Å²) >= 11 is 3.40. The molecule has 1 heterocycles. The molecule has 0 aliphatic carbocycles. The lowest BCUT2D eigenvalue weighted by atomic mass is 10.1. The normalized spacial score (nSPS) is 18.8. The van der Waals surface area contributed by atoms with Crippen LogP contribution in [0.4, 0.5) is 0 Å². The van der Waals surface area contributed by atoms with Crippen LogP contribution in [0.2, 0.25) is 0 Å². The molecule has 2 rings (SSSR count). The van der Waals surface area contributed by atoms with Gasteiger partial charge >= 0.3 is 0 Å². The molecule has 0 aromatic heterocycles. The Morgan fingerprint density at radius 3 is 2.75 bits per heavy atom. The van der Waals surface area contributed by atoms with Gasteiger partial charge in [-0.1, -0.05) is 0 Å². The number of benzene rings is 1. The summed E-state index contributed by atoms with van der Waals surface area (Å²) in [6.07, 6.45) is 0.0488. The van der Waals surface area contributed by atoms with Gasteiger partial charge in [0.2, 0.25) is 0 Å². The molecule has 1 atom stereocenters. The van der Waals surface area contributed by atoms with Crippen LogP contribution in [0.1, 0.15) is 17.3 Å². The highest BCUT2D eigenvalue weighted by molar-refractivity contribution is 9.10. The van der Waals surface area contributed by atoms with Crippen LogP contribution in [0, 0.1) is 0 Å². The topological polar surface area (TPSA) is 48.0 Å². The summed E-state index contributed by atoms with van der Waals surface area (Å²) in [5, 5.41) is 0. The highest BCUT2D eigenvalue weighted by atomic mass is 79.9. The lowest BCUT2D eigenvalue weighted by molar-refractivity contribution is -0.0125. The van der Waals surface area contributed by atoms with Gasteiger partial charge in [0.05, 0.1) is 37.0 Å². The predicted molar refractivity (Wildman–Crippen MR) is 78.6 cm³/mol. The van der Waals surface area contributed by atoms with Gasteiger partial charge in [0.1, 0.15) is 11.5 Å². The number of methoxy groups -OCH3 is 2. The molecule has 1 aromatic rings. The van der Waals surface area contributed by atoms with Crippen molar-refractivity contribution in [3.05, 3.63) is 22.2 Å². The number of amides is 1. The Labute approximate surface area is 126 Å². The minimum absolute atomic E-state index is 0.0488. The number of ether oxygens (including phenoxy) is 3. The quantitative estimate of drug-likeness (QED) is 0.845. The highest BCUT2D eigenvalue weighted by Crippen LogP contribution is 2.34.